The van der Waals surface area contributed by atoms with Crippen LogP contribution >= 0.6 is 12.4 Å². The predicted molar refractivity (Wildman–Crippen MR) is 90.7 cm³/mol. The molecule has 0 spiro atoms. The van der Waals surface area contributed by atoms with Gasteiger partial charge in [0.25, 0.3) is 12.9 Å². The minimum atomic E-state index is -5.87. The van der Waals surface area contributed by atoms with Gasteiger partial charge < -0.3 is 15.5 Å². The molecule has 2 aliphatic rings. The van der Waals surface area contributed by atoms with Gasteiger partial charge in [0.15, 0.2) is 0 Å². The Morgan fingerprint density at radius 3 is 1.83 bits per heavy atom. The first kappa shape index (κ1) is 30.7. The summed E-state index contributed by atoms with van der Waals surface area (Å²) < 4.78 is 102. The highest BCUT2D eigenvalue weighted by molar-refractivity contribution is 7.87. The highest BCUT2D eigenvalue weighted by Crippen LogP contribution is 2.24. The van der Waals surface area contributed by atoms with Gasteiger partial charge in [0.2, 0.25) is 0 Å². The van der Waals surface area contributed by atoms with Crippen LogP contribution in [0.5, 0.6) is 0 Å². The van der Waals surface area contributed by atoms with Gasteiger partial charge in [0.1, 0.15) is 6.61 Å². The molecule has 0 aromatic rings. The molecule has 0 aromatic heterocycles. The Balaban J connectivity index is 0. The van der Waals surface area contributed by atoms with Crippen LogP contribution in [0.15, 0.2) is 0 Å². The molecule has 2 atom stereocenters. The molecule has 3 N–H and O–H groups in total. The van der Waals surface area contributed by atoms with E-state index in [1.165, 1.54) is 0 Å². The van der Waals surface area contributed by atoms with Crippen molar-refractivity contribution < 1.29 is 53.5 Å². The fourth-order valence-corrected chi connectivity index (χ4v) is 2.25. The molecule has 178 valence electrons. The number of halogens is 8. The lowest BCUT2D eigenvalue weighted by molar-refractivity contribution is -0.0572. The maximum Gasteiger partial charge on any atom is 0.523 e. The van der Waals surface area contributed by atoms with Crippen LogP contribution < -0.4 is 5.32 Å². The van der Waals surface area contributed by atoms with E-state index in [4.69, 9.17) is 10.2 Å². The summed E-state index contributed by atoms with van der Waals surface area (Å²) in [5.74, 6) is 0. The number of hydrogen-bond acceptors (Lipinski definition) is 7. The summed E-state index contributed by atoms with van der Waals surface area (Å²) in [5, 5.41) is 20.0. The third kappa shape index (κ3) is 12.8. The van der Waals surface area contributed by atoms with Gasteiger partial charge in [-0.15, -0.1) is 12.4 Å². The summed E-state index contributed by atoms with van der Waals surface area (Å²) >= 11 is 0. The summed E-state index contributed by atoms with van der Waals surface area (Å²) in [7, 11) is -5.87. The number of alkyl halides is 7. The molecule has 0 aromatic carbocycles. The van der Waals surface area contributed by atoms with Gasteiger partial charge >= 0.3 is 15.6 Å². The topological polar surface area (TPSA) is 99.1 Å². The highest BCUT2D eigenvalue weighted by atomic mass is 35.5. The van der Waals surface area contributed by atoms with Crippen LogP contribution in [0.25, 0.3) is 0 Å². The molecular formula is C13H24ClF7N2O5S. The molecule has 16 heteroatoms. The Hall–Kier alpha value is -0.450. The van der Waals surface area contributed by atoms with Crippen LogP contribution in [0.4, 0.5) is 30.7 Å². The molecule has 2 rings (SSSR count). The molecule has 2 saturated heterocycles. The Morgan fingerprint density at radius 1 is 1.07 bits per heavy atom. The molecular weight excluding hydrogens is 465 g/mol. The molecule has 0 amide bonds. The standard InChI is InChI=1S/C6H11F2NO.C4H9NO.C3H3F5O3S.ClH/c7-6(8)3-9-2-1-5(9)4-10;6-3-4-1-2-5-4;4-2(5)1-11-12(9,10)3(6,7)8;/h5-6,10H,1-4H2;4-6H,1-3H2;2H,1H2;1H/t5-;4-;;/m00../s1. The minimum absolute atomic E-state index is 0. The van der Waals surface area contributed by atoms with Crippen molar-refractivity contribution >= 4 is 22.5 Å². The maximum absolute atomic E-state index is 11.7. The quantitative estimate of drug-likeness (QED) is 0.281. The van der Waals surface area contributed by atoms with Gasteiger partial charge in [-0.2, -0.15) is 21.6 Å². The summed E-state index contributed by atoms with van der Waals surface area (Å²) in [6, 6.07) is 0.416. The van der Waals surface area contributed by atoms with E-state index in [1.54, 1.807) is 4.90 Å². The van der Waals surface area contributed by atoms with E-state index in [0.29, 0.717) is 19.2 Å². The first-order valence-electron chi connectivity index (χ1n) is 8.05. The second-order valence-electron chi connectivity index (χ2n) is 5.71. The molecule has 0 saturated carbocycles. The van der Waals surface area contributed by atoms with Crippen molar-refractivity contribution in [3.05, 3.63) is 0 Å². The lowest BCUT2D eigenvalue weighted by Crippen LogP contribution is -2.51. The number of rotatable bonds is 7. The van der Waals surface area contributed by atoms with E-state index in [2.05, 4.69) is 9.50 Å². The van der Waals surface area contributed by atoms with E-state index in [-0.39, 0.29) is 31.6 Å². The molecule has 7 nitrogen and oxygen atoms in total. The van der Waals surface area contributed by atoms with E-state index in [1.807, 2.05) is 0 Å². The third-order valence-electron chi connectivity index (χ3n) is 3.63. The van der Waals surface area contributed by atoms with E-state index < -0.39 is 35.1 Å². The zero-order chi connectivity index (χ0) is 22.0. The number of nitrogens with zero attached hydrogens (tertiary/aromatic N) is 1. The zero-order valence-electron chi connectivity index (χ0n) is 15.0. The highest BCUT2D eigenvalue weighted by Gasteiger charge is 2.47. The van der Waals surface area contributed by atoms with Crippen molar-refractivity contribution in [1.29, 1.82) is 0 Å². The first-order chi connectivity index (χ1) is 12.8. The van der Waals surface area contributed by atoms with Gasteiger partial charge in [0, 0.05) is 18.6 Å². The van der Waals surface area contributed by atoms with Crippen molar-refractivity contribution in [2.75, 3.05) is 39.5 Å². The number of likely N-dealkylation sites (tertiary alicyclic amines) is 1. The van der Waals surface area contributed by atoms with Gasteiger partial charge in [-0.05, 0) is 19.4 Å². The van der Waals surface area contributed by atoms with Crippen molar-refractivity contribution in [2.45, 2.75) is 43.3 Å². The summed E-state index contributed by atoms with van der Waals surface area (Å²) in [6.07, 6.45) is -3.53. The van der Waals surface area contributed by atoms with Crippen LogP contribution in [0.3, 0.4) is 0 Å². The van der Waals surface area contributed by atoms with Gasteiger partial charge in [-0.1, -0.05) is 0 Å². The van der Waals surface area contributed by atoms with Crippen LogP contribution in [0.2, 0.25) is 0 Å². The molecule has 2 aliphatic heterocycles. The number of hydrogen-bond donors (Lipinski definition) is 3. The molecule has 0 unspecified atom stereocenters. The van der Waals surface area contributed by atoms with Gasteiger partial charge in [-0.3, -0.25) is 9.08 Å². The number of aliphatic hydroxyl groups excluding tert-OH is 2. The predicted octanol–water partition coefficient (Wildman–Crippen LogP) is 1.20. The summed E-state index contributed by atoms with van der Waals surface area (Å²) in [6.45, 7) is 0.126. The zero-order valence-corrected chi connectivity index (χ0v) is 16.6. The van der Waals surface area contributed by atoms with E-state index >= 15 is 0 Å². The Kier molecular flexibility index (Phi) is 15.4. The van der Waals surface area contributed by atoms with Gasteiger partial charge in [-0.25, -0.2) is 17.6 Å². The Labute approximate surface area is 169 Å². The maximum atomic E-state index is 11.7. The number of nitrogens with one attached hydrogen (secondary N) is 1. The second kappa shape index (κ2) is 14.5. The minimum Gasteiger partial charge on any atom is -0.395 e. The lowest BCUT2D eigenvalue weighted by atomic mass is 10.1. The monoisotopic (exact) mass is 488 g/mol. The fourth-order valence-electron chi connectivity index (χ4n) is 1.83. The second-order valence-corrected chi connectivity index (χ2v) is 7.32. The molecule has 2 fully saturated rings. The third-order valence-corrected chi connectivity index (χ3v) is 4.64. The Bertz CT molecular complexity index is 519. The van der Waals surface area contributed by atoms with Crippen molar-refractivity contribution in [3.63, 3.8) is 0 Å². The van der Waals surface area contributed by atoms with E-state index in [9.17, 15) is 39.2 Å². The molecule has 0 aliphatic carbocycles. The summed E-state index contributed by atoms with van der Waals surface area (Å²) in [4.78, 5) is 1.60. The Morgan fingerprint density at radius 2 is 1.62 bits per heavy atom. The fraction of sp³-hybridized carbons (Fsp3) is 1.00. The average Bonchev–Trinajstić information content (AvgIpc) is 2.49. The van der Waals surface area contributed by atoms with Crippen molar-refractivity contribution in [1.82, 2.24) is 10.2 Å². The molecule has 0 radical (unpaired) electrons. The van der Waals surface area contributed by atoms with Crippen molar-refractivity contribution in [2.24, 2.45) is 0 Å². The molecule has 2 heterocycles. The first-order valence-corrected chi connectivity index (χ1v) is 9.46. The number of aliphatic hydroxyl groups is 2. The van der Waals surface area contributed by atoms with Crippen molar-refractivity contribution in [3.8, 4) is 0 Å². The smallest absolute Gasteiger partial charge is 0.395 e. The largest absolute Gasteiger partial charge is 0.523 e. The van der Waals surface area contributed by atoms with Crippen LogP contribution in [0, 0.1) is 0 Å². The lowest BCUT2D eigenvalue weighted by Gasteiger charge is -2.39. The van der Waals surface area contributed by atoms with Gasteiger partial charge in [0.05, 0.1) is 19.8 Å². The average molecular weight is 489 g/mol. The SMILES string of the molecule is Cl.O=S(=O)(OCC(F)F)C(F)(F)F.OC[C@@H]1CCN1.OC[C@@H]1CCN1CC(F)F. The van der Waals surface area contributed by atoms with Crippen LogP contribution in [-0.2, 0) is 14.3 Å². The normalized spacial score (nSPS) is 21.8. The summed E-state index contributed by atoms with van der Waals surface area (Å²) in [5.41, 5.74) is -5.65. The van der Waals surface area contributed by atoms with Crippen LogP contribution in [0.1, 0.15) is 12.8 Å². The molecule has 0 bridgehead atoms. The van der Waals surface area contributed by atoms with E-state index in [0.717, 1.165) is 19.4 Å². The van der Waals surface area contributed by atoms with Crippen LogP contribution in [-0.4, -0.2) is 93.4 Å². The molecule has 29 heavy (non-hydrogen) atoms.